The zero-order valence-electron chi connectivity index (χ0n) is 20.3. The molecule has 4 heteroatoms. The molecule has 2 saturated heterocycles. The van der Waals surface area contributed by atoms with Gasteiger partial charge in [0.2, 0.25) is 0 Å². The highest BCUT2D eigenvalue weighted by atomic mass is 16.5. The molecule has 0 aliphatic carbocycles. The van der Waals surface area contributed by atoms with Crippen molar-refractivity contribution < 1.29 is 4.74 Å². The molecule has 0 amide bonds. The molecule has 2 fully saturated rings. The van der Waals surface area contributed by atoms with E-state index in [1.165, 1.54) is 58.5 Å². The van der Waals surface area contributed by atoms with Crippen molar-refractivity contribution in [3.8, 4) is 0 Å². The summed E-state index contributed by atoms with van der Waals surface area (Å²) >= 11 is 0. The maximum absolute atomic E-state index is 5.74. The van der Waals surface area contributed by atoms with Crippen LogP contribution in [0.3, 0.4) is 0 Å². The average Bonchev–Trinajstić information content (AvgIpc) is 2.61. The van der Waals surface area contributed by atoms with Crippen molar-refractivity contribution >= 4 is 0 Å². The third-order valence-corrected chi connectivity index (χ3v) is 7.34. The van der Waals surface area contributed by atoms with E-state index in [9.17, 15) is 0 Å². The Kier molecular flexibility index (Phi) is 8.82. The minimum atomic E-state index is 0.287. The van der Waals surface area contributed by atoms with Crippen LogP contribution in [0.15, 0.2) is 0 Å². The molecule has 0 aromatic carbocycles. The smallest absolute Gasteiger partial charge is 0.0596 e. The molecule has 28 heavy (non-hydrogen) atoms. The standard InChI is InChI=1S/C24H49N3O/c1-20(2)26-13-15-27(16-14-26)24(7,8)19-23(5,6)22-9-11-25(12-10-22)17-18-28-21(3)4/h20-22H,9-19H2,1-8H3. The molecule has 2 aliphatic heterocycles. The van der Waals surface area contributed by atoms with E-state index in [4.69, 9.17) is 4.74 Å². The van der Waals surface area contributed by atoms with E-state index >= 15 is 0 Å². The number of piperazine rings is 1. The number of likely N-dealkylation sites (tertiary alicyclic amines) is 1. The summed E-state index contributed by atoms with van der Waals surface area (Å²) in [6.07, 6.45) is 4.32. The van der Waals surface area contributed by atoms with E-state index in [0.29, 0.717) is 17.6 Å². The highest BCUT2D eigenvalue weighted by molar-refractivity contribution is 4.94. The second kappa shape index (κ2) is 10.2. The fraction of sp³-hybridized carbons (Fsp3) is 1.00. The van der Waals surface area contributed by atoms with Crippen LogP contribution in [-0.4, -0.2) is 84.8 Å². The Balaban J connectivity index is 1.81. The van der Waals surface area contributed by atoms with Crippen LogP contribution in [0.25, 0.3) is 0 Å². The predicted octanol–water partition coefficient (Wildman–Crippen LogP) is 4.34. The molecule has 0 aromatic heterocycles. The zero-order valence-corrected chi connectivity index (χ0v) is 20.3. The van der Waals surface area contributed by atoms with Gasteiger partial charge in [0.15, 0.2) is 0 Å². The topological polar surface area (TPSA) is 19.0 Å². The van der Waals surface area contributed by atoms with E-state index in [1.54, 1.807) is 0 Å². The van der Waals surface area contributed by atoms with Gasteiger partial charge in [0.1, 0.15) is 0 Å². The Labute approximate surface area is 176 Å². The third kappa shape index (κ3) is 6.97. The van der Waals surface area contributed by atoms with Gasteiger partial charge in [-0.05, 0) is 85.2 Å². The van der Waals surface area contributed by atoms with Crippen LogP contribution in [0.1, 0.15) is 74.7 Å². The summed E-state index contributed by atoms with van der Waals surface area (Å²) in [5.74, 6) is 0.839. The van der Waals surface area contributed by atoms with Crippen molar-refractivity contribution in [1.29, 1.82) is 0 Å². The Hall–Kier alpha value is -0.160. The fourth-order valence-corrected chi connectivity index (χ4v) is 5.57. The highest BCUT2D eigenvalue weighted by Gasteiger charge is 2.40. The first-order valence-electron chi connectivity index (χ1n) is 11.8. The number of hydrogen-bond acceptors (Lipinski definition) is 4. The number of rotatable bonds is 9. The number of ether oxygens (including phenoxy) is 1. The minimum Gasteiger partial charge on any atom is -0.377 e. The molecule has 0 N–H and O–H groups in total. The van der Waals surface area contributed by atoms with Crippen LogP contribution in [0.2, 0.25) is 0 Å². The van der Waals surface area contributed by atoms with E-state index in [-0.39, 0.29) is 5.54 Å². The number of hydrogen-bond donors (Lipinski definition) is 0. The lowest BCUT2D eigenvalue weighted by Gasteiger charge is -2.50. The van der Waals surface area contributed by atoms with Gasteiger partial charge in [-0.25, -0.2) is 0 Å². The Bertz CT molecular complexity index is 445. The first kappa shape index (κ1) is 24.1. The van der Waals surface area contributed by atoms with Gasteiger partial charge in [0, 0.05) is 44.3 Å². The zero-order chi connectivity index (χ0) is 20.9. The van der Waals surface area contributed by atoms with Crippen LogP contribution in [-0.2, 0) is 4.74 Å². The van der Waals surface area contributed by atoms with Gasteiger partial charge in [0.05, 0.1) is 12.7 Å². The highest BCUT2D eigenvalue weighted by Crippen LogP contribution is 2.42. The molecule has 0 atom stereocenters. The molecule has 0 aromatic rings. The summed E-state index contributed by atoms with van der Waals surface area (Å²) in [6.45, 7) is 28.2. The quantitative estimate of drug-likeness (QED) is 0.578. The van der Waals surface area contributed by atoms with E-state index in [2.05, 4.69) is 70.1 Å². The van der Waals surface area contributed by atoms with Gasteiger partial charge in [-0.3, -0.25) is 9.80 Å². The average molecular weight is 396 g/mol. The van der Waals surface area contributed by atoms with Crippen molar-refractivity contribution in [2.24, 2.45) is 11.3 Å². The van der Waals surface area contributed by atoms with Crippen LogP contribution >= 0.6 is 0 Å². The van der Waals surface area contributed by atoms with Crippen LogP contribution in [0, 0.1) is 11.3 Å². The summed E-state index contributed by atoms with van der Waals surface area (Å²) in [7, 11) is 0. The Morgan fingerprint density at radius 1 is 0.857 bits per heavy atom. The third-order valence-electron chi connectivity index (χ3n) is 7.34. The molecule has 2 heterocycles. The minimum absolute atomic E-state index is 0.287. The summed E-state index contributed by atoms with van der Waals surface area (Å²) in [5.41, 5.74) is 0.689. The molecular formula is C24H49N3O. The number of piperidine rings is 1. The van der Waals surface area contributed by atoms with Gasteiger partial charge < -0.3 is 9.64 Å². The second-order valence-electron chi connectivity index (χ2n) is 11.1. The fourth-order valence-electron chi connectivity index (χ4n) is 5.57. The maximum atomic E-state index is 5.74. The maximum Gasteiger partial charge on any atom is 0.0596 e. The molecule has 2 aliphatic rings. The van der Waals surface area contributed by atoms with Crippen LogP contribution in [0.4, 0.5) is 0 Å². The summed E-state index contributed by atoms with van der Waals surface area (Å²) in [4.78, 5) is 7.98. The first-order valence-corrected chi connectivity index (χ1v) is 11.8. The molecule has 0 unspecified atom stereocenters. The van der Waals surface area contributed by atoms with Gasteiger partial charge in [0.25, 0.3) is 0 Å². The van der Waals surface area contributed by atoms with Crippen molar-refractivity contribution in [2.75, 3.05) is 52.4 Å². The normalized spacial score (nSPS) is 22.5. The van der Waals surface area contributed by atoms with Gasteiger partial charge in [-0.2, -0.15) is 0 Å². The lowest BCUT2D eigenvalue weighted by molar-refractivity contribution is -0.00818. The predicted molar refractivity (Wildman–Crippen MR) is 121 cm³/mol. The molecule has 4 nitrogen and oxygen atoms in total. The molecule has 0 radical (unpaired) electrons. The second-order valence-corrected chi connectivity index (χ2v) is 11.1. The van der Waals surface area contributed by atoms with Gasteiger partial charge >= 0.3 is 0 Å². The lowest BCUT2D eigenvalue weighted by atomic mass is 9.67. The summed E-state index contributed by atoms with van der Waals surface area (Å²) < 4.78 is 5.74. The van der Waals surface area contributed by atoms with E-state index < -0.39 is 0 Å². The lowest BCUT2D eigenvalue weighted by Crippen LogP contribution is -2.57. The summed E-state index contributed by atoms with van der Waals surface area (Å²) in [6, 6.07) is 0.679. The van der Waals surface area contributed by atoms with Crippen molar-refractivity contribution in [3.05, 3.63) is 0 Å². The van der Waals surface area contributed by atoms with Crippen molar-refractivity contribution in [2.45, 2.75) is 92.3 Å². The molecule has 0 bridgehead atoms. The van der Waals surface area contributed by atoms with Gasteiger partial charge in [-0.15, -0.1) is 0 Å². The summed E-state index contributed by atoms with van der Waals surface area (Å²) in [5, 5.41) is 0. The van der Waals surface area contributed by atoms with Crippen molar-refractivity contribution in [1.82, 2.24) is 14.7 Å². The Morgan fingerprint density at radius 2 is 1.43 bits per heavy atom. The van der Waals surface area contributed by atoms with Gasteiger partial charge in [-0.1, -0.05) is 13.8 Å². The first-order chi connectivity index (χ1) is 13.0. The molecule has 166 valence electrons. The van der Waals surface area contributed by atoms with Crippen molar-refractivity contribution in [3.63, 3.8) is 0 Å². The number of nitrogens with zero attached hydrogens (tertiary/aromatic N) is 3. The van der Waals surface area contributed by atoms with E-state index in [0.717, 1.165) is 19.1 Å². The molecule has 2 rings (SSSR count). The SMILES string of the molecule is CC(C)OCCN1CCC(C(C)(C)CC(C)(C)N2CCN(C(C)C)CC2)CC1. The largest absolute Gasteiger partial charge is 0.377 e. The molecular weight excluding hydrogens is 346 g/mol. The van der Waals surface area contributed by atoms with Crippen LogP contribution in [0.5, 0.6) is 0 Å². The molecule has 0 spiro atoms. The Morgan fingerprint density at radius 3 is 1.93 bits per heavy atom. The molecule has 0 saturated carbocycles. The van der Waals surface area contributed by atoms with E-state index in [1.807, 2.05) is 0 Å². The van der Waals surface area contributed by atoms with Crippen LogP contribution < -0.4 is 0 Å². The monoisotopic (exact) mass is 395 g/mol.